The molecule has 32 heavy (non-hydrogen) atoms. The molecule has 186 valence electrons. The molecule has 1 unspecified atom stereocenters. The molecule has 1 atom stereocenters. The summed E-state index contributed by atoms with van der Waals surface area (Å²) in [5, 5.41) is 9.43. The molecule has 0 rings (SSSR count). The lowest BCUT2D eigenvalue weighted by molar-refractivity contribution is -0.230. The number of esters is 2. The molecule has 0 aromatic rings. The molecule has 0 bridgehead atoms. The van der Waals surface area contributed by atoms with Gasteiger partial charge < -0.3 is 14.6 Å². The minimum atomic E-state index is -1.47. The average molecular weight is 453 g/mol. The second-order valence-corrected chi connectivity index (χ2v) is 8.88. The van der Waals surface area contributed by atoms with Gasteiger partial charge in [-0.1, -0.05) is 110 Å². The maximum atomic E-state index is 12.0. The largest absolute Gasteiger partial charge is 0.419 e. The summed E-state index contributed by atoms with van der Waals surface area (Å²) in [6.45, 7) is 10.5. The Morgan fingerprint density at radius 1 is 0.781 bits per heavy atom. The summed E-state index contributed by atoms with van der Waals surface area (Å²) in [5.74, 6) is -2.77. The van der Waals surface area contributed by atoms with Crippen LogP contribution in [0.3, 0.4) is 0 Å². The van der Waals surface area contributed by atoms with Crippen LogP contribution in [-0.4, -0.2) is 29.4 Å². The monoisotopic (exact) mass is 452 g/mol. The van der Waals surface area contributed by atoms with Crippen molar-refractivity contribution in [1.29, 1.82) is 0 Å². The number of aliphatic hydroxyl groups excluding tert-OH is 1. The van der Waals surface area contributed by atoms with Crippen LogP contribution < -0.4 is 0 Å². The van der Waals surface area contributed by atoms with Gasteiger partial charge in [0.25, 0.3) is 5.79 Å². The minimum Gasteiger partial charge on any atom is -0.419 e. The van der Waals surface area contributed by atoms with Crippen LogP contribution in [0, 0.1) is 0 Å². The molecule has 0 spiro atoms. The molecule has 0 saturated carbocycles. The van der Waals surface area contributed by atoms with Crippen LogP contribution in [0.4, 0.5) is 0 Å². The van der Waals surface area contributed by atoms with Gasteiger partial charge in [-0.2, -0.15) is 0 Å². The maximum Gasteiger partial charge on any atom is 0.336 e. The van der Waals surface area contributed by atoms with Gasteiger partial charge in [-0.25, -0.2) is 9.59 Å². The van der Waals surface area contributed by atoms with Crippen LogP contribution >= 0.6 is 0 Å². The molecule has 5 nitrogen and oxygen atoms in total. The van der Waals surface area contributed by atoms with Gasteiger partial charge in [0, 0.05) is 24.5 Å². The molecule has 0 aliphatic rings. The van der Waals surface area contributed by atoms with E-state index >= 15 is 0 Å². The van der Waals surface area contributed by atoms with Gasteiger partial charge in [0.1, 0.15) is 0 Å². The first-order valence-corrected chi connectivity index (χ1v) is 12.8. The van der Waals surface area contributed by atoms with E-state index in [-0.39, 0.29) is 18.6 Å². The first-order chi connectivity index (χ1) is 15.4. The number of rotatable bonds is 22. The van der Waals surface area contributed by atoms with E-state index in [0.717, 1.165) is 25.3 Å². The fourth-order valence-corrected chi connectivity index (χ4v) is 3.77. The first-order valence-electron chi connectivity index (χ1n) is 12.8. The van der Waals surface area contributed by atoms with Crippen LogP contribution in [-0.2, 0) is 19.1 Å². The van der Waals surface area contributed by atoms with Crippen molar-refractivity contribution in [3.63, 3.8) is 0 Å². The fraction of sp³-hybridized carbons (Fsp3) is 0.778. The van der Waals surface area contributed by atoms with Gasteiger partial charge in [-0.05, 0) is 13.3 Å². The lowest BCUT2D eigenvalue weighted by Gasteiger charge is -2.32. The third kappa shape index (κ3) is 16.1. The van der Waals surface area contributed by atoms with Gasteiger partial charge in [0.05, 0.1) is 6.61 Å². The van der Waals surface area contributed by atoms with E-state index < -0.39 is 17.7 Å². The van der Waals surface area contributed by atoms with Gasteiger partial charge in [0.2, 0.25) is 0 Å². The minimum absolute atomic E-state index is 0.0319. The predicted octanol–water partition coefficient (Wildman–Crippen LogP) is 7.18. The lowest BCUT2D eigenvalue weighted by atomic mass is 10.0. The molecule has 0 aromatic heterocycles. The Kier molecular flexibility index (Phi) is 19.0. The van der Waals surface area contributed by atoms with E-state index in [2.05, 4.69) is 20.1 Å². The quantitative estimate of drug-likeness (QED) is 0.0815. The van der Waals surface area contributed by atoms with Crippen LogP contribution in [0.15, 0.2) is 24.8 Å². The van der Waals surface area contributed by atoms with E-state index in [1.165, 1.54) is 84.0 Å². The molecular formula is C27H48O5. The van der Waals surface area contributed by atoms with Gasteiger partial charge in [0.15, 0.2) is 0 Å². The van der Waals surface area contributed by atoms with Crippen molar-refractivity contribution in [3.05, 3.63) is 24.8 Å². The topological polar surface area (TPSA) is 72.8 Å². The molecule has 0 fully saturated rings. The lowest BCUT2D eigenvalue weighted by Crippen LogP contribution is -2.41. The highest BCUT2D eigenvalue weighted by Gasteiger charge is 2.37. The molecule has 0 aromatic carbocycles. The number of aliphatic hydroxyl groups is 1. The summed E-state index contributed by atoms with van der Waals surface area (Å²) in [6, 6.07) is 0. The molecule has 0 saturated heterocycles. The second-order valence-electron chi connectivity index (χ2n) is 8.88. The Morgan fingerprint density at radius 3 is 1.59 bits per heavy atom. The molecule has 0 amide bonds. The Balaban J connectivity index is 4.06. The summed E-state index contributed by atoms with van der Waals surface area (Å²) >= 11 is 0. The van der Waals surface area contributed by atoms with Crippen molar-refractivity contribution >= 4 is 11.9 Å². The number of hydrogen-bond donors (Lipinski definition) is 1. The van der Waals surface area contributed by atoms with Crippen molar-refractivity contribution in [2.45, 2.75) is 129 Å². The molecule has 0 radical (unpaired) electrons. The zero-order chi connectivity index (χ0) is 24.1. The highest BCUT2D eigenvalue weighted by molar-refractivity contribution is 5.87. The Morgan fingerprint density at radius 2 is 1.22 bits per heavy atom. The Bertz CT molecular complexity index is 528. The molecule has 0 aliphatic carbocycles. The predicted molar refractivity (Wildman–Crippen MR) is 131 cm³/mol. The van der Waals surface area contributed by atoms with E-state index in [4.69, 9.17) is 9.47 Å². The molecule has 5 heteroatoms. The average Bonchev–Trinajstić information content (AvgIpc) is 2.76. The third-order valence-electron chi connectivity index (χ3n) is 5.73. The van der Waals surface area contributed by atoms with Crippen LogP contribution in [0.2, 0.25) is 0 Å². The number of unbranched alkanes of at least 4 members (excludes halogenated alkanes) is 14. The van der Waals surface area contributed by atoms with Crippen molar-refractivity contribution in [1.82, 2.24) is 0 Å². The van der Waals surface area contributed by atoms with Crippen LogP contribution in [0.25, 0.3) is 0 Å². The standard InChI is InChI=1S/C27H48O5/c1-5-7-8-9-10-11-12-13-14-15-16-17-18-19-20-21-27(22-23-28,31-25(29)6-2)32-26(30)24(3)4/h6,28H,2-3,5,7-23H2,1,4H3. The number of carbonyl (C=O) groups excluding carboxylic acids is 2. The summed E-state index contributed by atoms with van der Waals surface area (Å²) in [7, 11) is 0. The first kappa shape index (κ1) is 30.4. The molecule has 1 N–H and O–H groups in total. The summed E-state index contributed by atoms with van der Waals surface area (Å²) in [4.78, 5) is 23.8. The Hall–Kier alpha value is -1.62. The molecular weight excluding hydrogens is 404 g/mol. The van der Waals surface area contributed by atoms with Crippen molar-refractivity contribution in [2.75, 3.05) is 6.61 Å². The molecule has 0 aliphatic heterocycles. The van der Waals surface area contributed by atoms with Crippen molar-refractivity contribution in [2.24, 2.45) is 0 Å². The van der Waals surface area contributed by atoms with Crippen LogP contribution in [0.1, 0.15) is 123 Å². The molecule has 0 heterocycles. The highest BCUT2D eigenvalue weighted by Crippen LogP contribution is 2.28. The SMILES string of the molecule is C=CC(=O)OC(CCO)(CCCCCCCCCCCCCCCCC)OC(=O)C(=C)C. The van der Waals surface area contributed by atoms with Crippen molar-refractivity contribution < 1.29 is 24.2 Å². The summed E-state index contributed by atoms with van der Waals surface area (Å²) in [5.41, 5.74) is 0.221. The van der Waals surface area contributed by atoms with Crippen LogP contribution in [0.5, 0.6) is 0 Å². The van der Waals surface area contributed by atoms with E-state index in [1.54, 1.807) is 0 Å². The van der Waals surface area contributed by atoms with Gasteiger partial charge in [-0.15, -0.1) is 0 Å². The Labute approximate surface area is 196 Å². The number of carbonyl (C=O) groups is 2. The van der Waals surface area contributed by atoms with E-state index in [0.29, 0.717) is 6.42 Å². The normalized spacial score (nSPS) is 12.7. The van der Waals surface area contributed by atoms with E-state index in [1.807, 2.05) is 0 Å². The fourth-order valence-electron chi connectivity index (χ4n) is 3.77. The zero-order valence-electron chi connectivity index (χ0n) is 20.8. The second kappa shape index (κ2) is 20.0. The number of hydrogen-bond acceptors (Lipinski definition) is 5. The number of ether oxygens (including phenoxy) is 2. The highest BCUT2D eigenvalue weighted by atomic mass is 16.7. The maximum absolute atomic E-state index is 12.0. The third-order valence-corrected chi connectivity index (χ3v) is 5.73. The van der Waals surface area contributed by atoms with E-state index in [9.17, 15) is 14.7 Å². The van der Waals surface area contributed by atoms with Gasteiger partial charge in [-0.3, -0.25) is 0 Å². The smallest absolute Gasteiger partial charge is 0.336 e. The zero-order valence-corrected chi connectivity index (χ0v) is 20.8. The van der Waals surface area contributed by atoms with Gasteiger partial charge >= 0.3 is 11.9 Å². The van der Waals surface area contributed by atoms with Crippen molar-refractivity contribution in [3.8, 4) is 0 Å². The summed E-state index contributed by atoms with van der Waals surface area (Å²) in [6.07, 6.45) is 20.2. The summed E-state index contributed by atoms with van der Waals surface area (Å²) < 4.78 is 10.8.